The summed E-state index contributed by atoms with van der Waals surface area (Å²) in [6, 6.07) is 0. The van der Waals surface area contributed by atoms with Crippen LogP contribution in [0.5, 0.6) is 0 Å². The van der Waals surface area contributed by atoms with Gasteiger partial charge in [0.25, 0.3) is 0 Å². The molecule has 0 aromatic heterocycles. The fourth-order valence-electron chi connectivity index (χ4n) is 3.84. The molecule has 1 saturated heterocycles. The average molecular weight is 272 g/mol. The Morgan fingerprint density at radius 3 is 2.33 bits per heavy atom. The number of hydrogen-bond donors (Lipinski definition) is 0. The molecule has 3 heteroatoms. The number of hydrogen-bond acceptors (Lipinski definition) is 2. The molecule has 2 rings (SSSR count). The van der Waals surface area contributed by atoms with Gasteiger partial charge in [-0.25, -0.2) is 0 Å². The largest absolute Gasteiger partial charge is 0.377 e. The van der Waals surface area contributed by atoms with E-state index in [0.717, 1.165) is 43.0 Å². The van der Waals surface area contributed by atoms with Gasteiger partial charge in [0.05, 0.1) is 11.4 Å². The van der Waals surface area contributed by atoms with Crippen LogP contribution < -0.4 is 0 Å². The molecule has 0 bridgehead atoms. The van der Waals surface area contributed by atoms with Gasteiger partial charge in [0.15, 0.2) is 0 Å². The summed E-state index contributed by atoms with van der Waals surface area (Å²) in [5.74, 6) is 3.43. The minimum atomic E-state index is -0.675. The second-order valence-corrected chi connectivity index (χ2v) is 8.34. The molecule has 1 heterocycles. The van der Waals surface area contributed by atoms with Gasteiger partial charge in [0.1, 0.15) is 0 Å². The molecular weight excluding hydrogens is 244 g/mol. The first kappa shape index (κ1) is 14.5. The van der Waals surface area contributed by atoms with Crippen LogP contribution in [0.4, 0.5) is 0 Å². The van der Waals surface area contributed by atoms with Crippen molar-refractivity contribution < 1.29 is 8.95 Å². The third kappa shape index (κ3) is 3.80. The predicted octanol–water partition coefficient (Wildman–Crippen LogP) is 3.37. The van der Waals surface area contributed by atoms with Crippen molar-refractivity contribution in [3.8, 4) is 0 Å². The van der Waals surface area contributed by atoms with E-state index in [0.29, 0.717) is 5.25 Å². The molecule has 1 unspecified atom stereocenters. The van der Waals surface area contributed by atoms with E-state index in [2.05, 4.69) is 20.8 Å². The number of rotatable bonds is 4. The van der Waals surface area contributed by atoms with Crippen molar-refractivity contribution in [2.45, 2.75) is 64.2 Å². The Kier molecular flexibility index (Phi) is 5.25. The van der Waals surface area contributed by atoms with Crippen molar-refractivity contribution in [2.75, 3.05) is 12.4 Å². The summed E-state index contributed by atoms with van der Waals surface area (Å²) in [5, 5.41) is 0.295. The van der Waals surface area contributed by atoms with E-state index in [1.807, 2.05) is 0 Å². The highest BCUT2D eigenvalue weighted by molar-refractivity contribution is 7.85. The molecule has 0 radical (unpaired) electrons. The van der Waals surface area contributed by atoms with Crippen LogP contribution in [0, 0.1) is 17.8 Å². The Balaban J connectivity index is 1.75. The van der Waals surface area contributed by atoms with E-state index < -0.39 is 10.8 Å². The quantitative estimate of drug-likeness (QED) is 0.784. The minimum Gasteiger partial charge on any atom is -0.377 e. The van der Waals surface area contributed by atoms with Gasteiger partial charge in [0, 0.05) is 23.2 Å². The van der Waals surface area contributed by atoms with Crippen LogP contribution in [0.1, 0.15) is 52.9 Å². The maximum Gasteiger partial charge on any atom is 0.0691 e. The summed E-state index contributed by atoms with van der Waals surface area (Å²) >= 11 is 0. The second-order valence-electron chi connectivity index (χ2n) is 6.56. The van der Waals surface area contributed by atoms with Gasteiger partial charge >= 0.3 is 0 Å². The summed E-state index contributed by atoms with van der Waals surface area (Å²) in [6.07, 6.45) is 6.43. The van der Waals surface area contributed by atoms with E-state index in [1.54, 1.807) is 0 Å². The van der Waals surface area contributed by atoms with Crippen LogP contribution in [0.25, 0.3) is 0 Å². The standard InChI is InChI=1S/C15H28O2S/c1-11-8-12(2)10-14(9-11)5-7-18(16)15-4-6-17-13(15)3/h11-15H,4-10H2,1-3H3/t11-,12+,13-,14?,15-,18+/m1/s1. The van der Waals surface area contributed by atoms with Crippen molar-refractivity contribution >= 4 is 10.8 Å². The summed E-state index contributed by atoms with van der Waals surface area (Å²) in [5.41, 5.74) is 0. The molecule has 1 aliphatic heterocycles. The molecule has 2 fully saturated rings. The minimum absolute atomic E-state index is 0.204. The zero-order valence-electron chi connectivity index (χ0n) is 12.1. The molecule has 1 saturated carbocycles. The Morgan fingerprint density at radius 2 is 1.78 bits per heavy atom. The van der Waals surface area contributed by atoms with Gasteiger partial charge < -0.3 is 4.74 Å². The van der Waals surface area contributed by atoms with Crippen LogP contribution in [0.3, 0.4) is 0 Å². The molecule has 6 atom stereocenters. The van der Waals surface area contributed by atoms with Gasteiger partial charge in [-0.3, -0.25) is 4.21 Å². The third-order valence-electron chi connectivity index (χ3n) is 4.65. The maximum absolute atomic E-state index is 12.3. The molecule has 0 amide bonds. The first-order valence-corrected chi connectivity index (χ1v) is 8.93. The Bertz CT molecular complexity index is 282. The monoisotopic (exact) mass is 272 g/mol. The molecule has 0 aromatic carbocycles. The molecule has 0 spiro atoms. The van der Waals surface area contributed by atoms with Crippen LogP contribution in [0.15, 0.2) is 0 Å². The third-order valence-corrected chi connectivity index (χ3v) is 6.58. The zero-order chi connectivity index (χ0) is 13.1. The molecule has 0 N–H and O–H groups in total. The molecule has 0 aromatic rings. The van der Waals surface area contributed by atoms with Gasteiger partial charge in [-0.05, 0) is 56.8 Å². The molecule has 1 aliphatic carbocycles. The second kappa shape index (κ2) is 6.51. The summed E-state index contributed by atoms with van der Waals surface area (Å²) in [7, 11) is -0.675. The van der Waals surface area contributed by atoms with Gasteiger partial charge in [-0.15, -0.1) is 0 Å². The Labute approximate surface area is 114 Å². The van der Waals surface area contributed by atoms with Gasteiger partial charge in [-0.1, -0.05) is 13.8 Å². The van der Waals surface area contributed by atoms with Crippen LogP contribution in [-0.2, 0) is 15.5 Å². The highest BCUT2D eigenvalue weighted by Crippen LogP contribution is 2.35. The van der Waals surface area contributed by atoms with Crippen molar-refractivity contribution in [2.24, 2.45) is 17.8 Å². The van der Waals surface area contributed by atoms with E-state index in [-0.39, 0.29) is 6.10 Å². The maximum atomic E-state index is 12.3. The summed E-state index contributed by atoms with van der Waals surface area (Å²) < 4.78 is 17.8. The lowest BCUT2D eigenvalue weighted by Gasteiger charge is -2.31. The SMILES string of the molecule is C[C@@H]1CC(CC[S@](=O)[C@@H]2CCO[C@@H]2C)C[C@H](C)C1. The van der Waals surface area contributed by atoms with E-state index >= 15 is 0 Å². The summed E-state index contributed by atoms with van der Waals surface area (Å²) in [6.45, 7) is 7.61. The Hall–Kier alpha value is 0.110. The highest BCUT2D eigenvalue weighted by atomic mass is 32.2. The summed E-state index contributed by atoms with van der Waals surface area (Å²) in [4.78, 5) is 0. The Morgan fingerprint density at radius 1 is 1.11 bits per heavy atom. The van der Waals surface area contributed by atoms with Crippen LogP contribution in [0.2, 0.25) is 0 Å². The van der Waals surface area contributed by atoms with E-state index in [4.69, 9.17) is 4.74 Å². The first-order valence-electron chi connectivity index (χ1n) is 7.55. The fourth-order valence-corrected chi connectivity index (χ4v) is 5.57. The fraction of sp³-hybridized carbons (Fsp3) is 1.00. The molecule has 2 aliphatic rings. The molecule has 2 nitrogen and oxygen atoms in total. The number of ether oxygens (including phenoxy) is 1. The lowest BCUT2D eigenvalue weighted by atomic mass is 9.76. The van der Waals surface area contributed by atoms with E-state index in [9.17, 15) is 4.21 Å². The van der Waals surface area contributed by atoms with Crippen LogP contribution >= 0.6 is 0 Å². The van der Waals surface area contributed by atoms with Gasteiger partial charge in [-0.2, -0.15) is 0 Å². The molecule has 106 valence electrons. The zero-order valence-corrected chi connectivity index (χ0v) is 12.9. The van der Waals surface area contributed by atoms with Gasteiger partial charge in [0.2, 0.25) is 0 Å². The lowest BCUT2D eigenvalue weighted by molar-refractivity contribution is 0.127. The molecular formula is C15H28O2S. The first-order chi connectivity index (χ1) is 8.56. The van der Waals surface area contributed by atoms with Crippen molar-refractivity contribution in [3.05, 3.63) is 0 Å². The smallest absolute Gasteiger partial charge is 0.0691 e. The van der Waals surface area contributed by atoms with Crippen molar-refractivity contribution in [1.29, 1.82) is 0 Å². The predicted molar refractivity (Wildman–Crippen MR) is 77.1 cm³/mol. The van der Waals surface area contributed by atoms with Crippen LogP contribution in [-0.4, -0.2) is 27.9 Å². The topological polar surface area (TPSA) is 26.3 Å². The molecule has 18 heavy (non-hydrogen) atoms. The average Bonchev–Trinajstić information content (AvgIpc) is 2.71. The highest BCUT2D eigenvalue weighted by Gasteiger charge is 2.30. The van der Waals surface area contributed by atoms with E-state index in [1.165, 1.54) is 19.3 Å². The normalized spacial score (nSPS) is 42.9. The van der Waals surface area contributed by atoms with Crippen molar-refractivity contribution in [1.82, 2.24) is 0 Å². The van der Waals surface area contributed by atoms with Crippen molar-refractivity contribution in [3.63, 3.8) is 0 Å². The lowest BCUT2D eigenvalue weighted by Crippen LogP contribution is -2.27.